The number of hydrogen-bond acceptors (Lipinski definition) is 2. The number of halogens is 1. The molecule has 3 nitrogen and oxygen atoms in total. The molecule has 16 heavy (non-hydrogen) atoms. The summed E-state index contributed by atoms with van der Waals surface area (Å²) in [6.07, 6.45) is 0. The second-order valence-corrected chi connectivity index (χ2v) is 4.22. The predicted molar refractivity (Wildman–Crippen MR) is 66.5 cm³/mol. The lowest BCUT2D eigenvalue weighted by Gasteiger charge is -2.19. The average molecular weight is 241 g/mol. The summed E-state index contributed by atoms with van der Waals surface area (Å²) in [5.74, 6) is -0.0196. The number of amides is 1. The molecular weight excluding hydrogens is 224 g/mol. The number of benzene rings is 1. The van der Waals surface area contributed by atoms with E-state index in [0.29, 0.717) is 5.02 Å². The molecular formula is C12H17ClN2O. The van der Waals surface area contributed by atoms with Crippen molar-refractivity contribution in [2.45, 2.75) is 25.9 Å². The zero-order valence-corrected chi connectivity index (χ0v) is 10.5. The molecule has 0 saturated carbocycles. The van der Waals surface area contributed by atoms with Gasteiger partial charge in [-0.1, -0.05) is 23.7 Å². The molecule has 4 heteroatoms. The van der Waals surface area contributed by atoms with Crippen LogP contribution in [-0.4, -0.2) is 19.0 Å². The van der Waals surface area contributed by atoms with E-state index in [1.165, 1.54) is 0 Å². The lowest BCUT2D eigenvalue weighted by Crippen LogP contribution is -2.41. The third kappa shape index (κ3) is 3.51. The maximum Gasteiger partial charge on any atom is 0.236 e. The fourth-order valence-corrected chi connectivity index (χ4v) is 1.74. The number of carbonyl (C=O) groups is 1. The van der Waals surface area contributed by atoms with Crippen LogP contribution < -0.4 is 10.6 Å². The van der Waals surface area contributed by atoms with E-state index in [1.54, 1.807) is 7.05 Å². The Hall–Kier alpha value is -1.06. The fourth-order valence-electron chi connectivity index (χ4n) is 1.54. The Bertz CT molecular complexity index is 368. The van der Waals surface area contributed by atoms with E-state index in [2.05, 4.69) is 10.6 Å². The van der Waals surface area contributed by atoms with Crippen LogP contribution in [0.2, 0.25) is 5.02 Å². The van der Waals surface area contributed by atoms with Crippen LogP contribution in [0.1, 0.15) is 25.5 Å². The number of rotatable bonds is 4. The second-order valence-electron chi connectivity index (χ2n) is 3.78. The van der Waals surface area contributed by atoms with Gasteiger partial charge in [-0.05, 0) is 31.5 Å². The van der Waals surface area contributed by atoms with E-state index >= 15 is 0 Å². The van der Waals surface area contributed by atoms with Gasteiger partial charge in [0.05, 0.1) is 6.04 Å². The molecule has 0 bridgehead atoms. The van der Waals surface area contributed by atoms with Crippen molar-refractivity contribution in [1.29, 1.82) is 0 Å². The molecule has 1 aromatic rings. The van der Waals surface area contributed by atoms with Crippen LogP contribution in [0, 0.1) is 0 Å². The van der Waals surface area contributed by atoms with Gasteiger partial charge in [0.25, 0.3) is 0 Å². The number of likely N-dealkylation sites (N-methyl/N-ethyl adjacent to an activating group) is 1. The summed E-state index contributed by atoms with van der Waals surface area (Å²) in [5.41, 5.74) is 1.07. The minimum Gasteiger partial charge on any atom is -0.358 e. The molecule has 88 valence electrons. The first-order valence-corrected chi connectivity index (χ1v) is 5.65. The fraction of sp³-hybridized carbons (Fsp3) is 0.417. The normalized spacial score (nSPS) is 14.2. The summed E-state index contributed by atoms with van der Waals surface area (Å²) in [5, 5.41) is 6.52. The van der Waals surface area contributed by atoms with Gasteiger partial charge in [0.2, 0.25) is 5.91 Å². The first-order chi connectivity index (χ1) is 7.54. The molecule has 0 unspecified atom stereocenters. The highest BCUT2D eigenvalue weighted by Crippen LogP contribution is 2.17. The van der Waals surface area contributed by atoms with E-state index in [0.717, 1.165) is 5.56 Å². The van der Waals surface area contributed by atoms with Crippen molar-refractivity contribution in [3.63, 3.8) is 0 Å². The van der Waals surface area contributed by atoms with Crippen LogP contribution in [-0.2, 0) is 4.79 Å². The largest absolute Gasteiger partial charge is 0.358 e. The lowest BCUT2D eigenvalue weighted by atomic mass is 10.1. The van der Waals surface area contributed by atoms with E-state index in [4.69, 9.17) is 11.6 Å². The van der Waals surface area contributed by atoms with Gasteiger partial charge in [0.1, 0.15) is 0 Å². The highest BCUT2D eigenvalue weighted by atomic mass is 35.5. The van der Waals surface area contributed by atoms with Gasteiger partial charge in [-0.2, -0.15) is 0 Å². The minimum atomic E-state index is -0.223. The van der Waals surface area contributed by atoms with Gasteiger partial charge >= 0.3 is 0 Å². The molecule has 0 heterocycles. The minimum absolute atomic E-state index is 0.0196. The van der Waals surface area contributed by atoms with Crippen LogP contribution in [0.25, 0.3) is 0 Å². The predicted octanol–water partition coefficient (Wildman–Crippen LogP) is 2.13. The molecule has 0 aliphatic heterocycles. The van der Waals surface area contributed by atoms with Gasteiger partial charge < -0.3 is 5.32 Å². The molecule has 0 aliphatic rings. The van der Waals surface area contributed by atoms with Gasteiger partial charge in [0, 0.05) is 18.1 Å². The Kier molecular flexibility index (Phi) is 4.77. The Morgan fingerprint density at radius 1 is 1.38 bits per heavy atom. The van der Waals surface area contributed by atoms with Gasteiger partial charge in [-0.15, -0.1) is 0 Å². The lowest BCUT2D eigenvalue weighted by molar-refractivity contribution is -0.122. The smallest absolute Gasteiger partial charge is 0.236 e. The summed E-state index contributed by atoms with van der Waals surface area (Å²) in [7, 11) is 1.63. The molecule has 2 N–H and O–H groups in total. The average Bonchev–Trinajstić information content (AvgIpc) is 2.27. The van der Waals surface area contributed by atoms with Crippen molar-refractivity contribution in [3.05, 3.63) is 34.9 Å². The number of carbonyl (C=O) groups excluding carboxylic acids is 1. The zero-order chi connectivity index (χ0) is 12.1. The molecule has 1 rings (SSSR count). The molecule has 2 atom stereocenters. The molecule has 0 spiro atoms. The first kappa shape index (κ1) is 13.0. The van der Waals surface area contributed by atoms with Crippen molar-refractivity contribution < 1.29 is 4.79 Å². The van der Waals surface area contributed by atoms with Crippen molar-refractivity contribution in [2.24, 2.45) is 0 Å². The summed E-state index contributed by atoms with van der Waals surface area (Å²) in [6, 6.07) is 7.49. The van der Waals surface area contributed by atoms with Crippen LogP contribution in [0.3, 0.4) is 0 Å². The highest BCUT2D eigenvalue weighted by Gasteiger charge is 2.14. The van der Waals surface area contributed by atoms with E-state index in [9.17, 15) is 4.79 Å². The topological polar surface area (TPSA) is 41.1 Å². The number of nitrogens with one attached hydrogen (secondary N) is 2. The van der Waals surface area contributed by atoms with Crippen LogP contribution in [0.15, 0.2) is 24.3 Å². The van der Waals surface area contributed by atoms with Gasteiger partial charge in [-0.3, -0.25) is 10.1 Å². The Labute approximate surface area is 101 Å². The van der Waals surface area contributed by atoms with E-state index in [-0.39, 0.29) is 18.0 Å². The van der Waals surface area contributed by atoms with Gasteiger partial charge in [0.15, 0.2) is 0 Å². The Morgan fingerprint density at radius 2 is 2.06 bits per heavy atom. The summed E-state index contributed by atoms with van der Waals surface area (Å²) < 4.78 is 0. The first-order valence-electron chi connectivity index (χ1n) is 5.27. The SMILES string of the molecule is CNC(=O)[C@@H](C)N[C@@H](C)c1cccc(Cl)c1. The van der Waals surface area contributed by atoms with Crippen LogP contribution >= 0.6 is 11.6 Å². The highest BCUT2D eigenvalue weighted by molar-refractivity contribution is 6.30. The summed E-state index contributed by atoms with van der Waals surface area (Å²) in [4.78, 5) is 11.3. The second kappa shape index (κ2) is 5.87. The summed E-state index contributed by atoms with van der Waals surface area (Å²) >= 11 is 5.91. The van der Waals surface area contributed by atoms with Crippen LogP contribution in [0.4, 0.5) is 0 Å². The zero-order valence-electron chi connectivity index (χ0n) is 9.75. The molecule has 1 amide bonds. The van der Waals surface area contributed by atoms with Crippen LogP contribution in [0.5, 0.6) is 0 Å². The monoisotopic (exact) mass is 240 g/mol. The maximum absolute atomic E-state index is 11.3. The molecule has 0 aliphatic carbocycles. The van der Waals surface area contributed by atoms with E-state index < -0.39 is 0 Å². The molecule has 1 aromatic carbocycles. The van der Waals surface area contributed by atoms with Gasteiger partial charge in [-0.25, -0.2) is 0 Å². The Balaban J connectivity index is 2.65. The van der Waals surface area contributed by atoms with E-state index in [1.807, 2.05) is 38.1 Å². The van der Waals surface area contributed by atoms with Crippen molar-refractivity contribution in [2.75, 3.05) is 7.05 Å². The standard InChI is InChI=1S/C12H17ClN2O/c1-8(15-9(2)12(16)14-3)10-5-4-6-11(13)7-10/h4-9,15H,1-3H3,(H,14,16)/t8-,9+/m0/s1. The van der Waals surface area contributed by atoms with Crippen molar-refractivity contribution in [1.82, 2.24) is 10.6 Å². The third-order valence-corrected chi connectivity index (χ3v) is 2.72. The molecule has 0 saturated heterocycles. The number of hydrogen-bond donors (Lipinski definition) is 2. The molecule has 0 radical (unpaired) electrons. The third-order valence-electron chi connectivity index (χ3n) is 2.49. The molecule has 0 fully saturated rings. The summed E-state index contributed by atoms with van der Waals surface area (Å²) in [6.45, 7) is 3.84. The molecule has 0 aromatic heterocycles. The Morgan fingerprint density at radius 3 is 2.62 bits per heavy atom. The maximum atomic E-state index is 11.3. The quantitative estimate of drug-likeness (QED) is 0.847. The van der Waals surface area contributed by atoms with Crippen molar-refractivity contribution >= 4 is 17.5 Å². The van der Waals surface area contributed by atoms with Crippen molar-refractivity contribution in [3.8, 4) is 0 Å².